The summed E-state index contributed by atoms with van der Waals surface area (Å²) in [6, 6.07) is 27.8. The average Bonchev–Trinajstić information content (AvgIpc) is 3.44. The summed E-state index contributed by atoms with van der Waals surface area (Å²) < 4.78 is 13.2. The number of aromatic nitrogens is 1. The highest BCUT2D eigenvalue weighted by molar-refractivity contribution is 5.97. The second kappa shape index (κ2) is 8.27. The molecule has 5 heteroatoms. The molecule has 1 aliphatic heterocycles. The van der Waals surface area contributed by atoms with Crippen LogP contribution in [0.3, 0.4) is 0 Å². The summed E-state index contributed by atoms with van der Waals surface area (Å²) in [4.78, 5) is 13.3. The van der Waals surface area contributed by atoms with Gasteiger partial charge in [-0.25, -0.2) is 0 Å². The van der Waals surface area contributed by atoms with Crippen LogP contribution in [0.1, 0.15) is 34.6 Å². The molecule has 1 unspecified atom stereocenters. The van der Waals surface area contributed by atoms with Gasteiger partial charge in [-0.05, 0) is 43.2 Å². The number of nitrogens with one attached hydrogen (secondary N) is 1. The van der Waals surface area contributed by atoms with E-state index in [9.17, 15) is 4.79 Å². The van der Waals surface area contributed by atoms with Crippen LogP contribution in [0.2, 0.25) is 0 Å². The topological polar surface area (TPSA) is 52.5 Å². The minimum absolute atomic E-state index is 0.0998. The zero-order chi connectivity index (χ0) is 22.1. The molecule has 0 aliphatic carbocycles. The molecule has 2 heterocycles. The van der Waals surface area contributed by atoms with Crippen molar-refractivity contribution in [3.63, 3.8) is 0 Å². The SMILES string of the molecule is Cc1c(C(=O)NC(C)c2ccccc2)cc(-c2ccccc2)n1-c1ccc2c(c1)OCO2. The highest BCUT2D eigenvalue weighted by Crippen LogP contribution is 2.37. The Morgan fingerprint density at radius 1 is 0.906 bits per heavy atom. The van der Waals surface area contributed by atoms with Gasteiger partial charge in [0.2, 0.25) is 6.79 Å². The number of hydrogen-bond acceptors (Lipinski definition) is 3. The fraction of sp³-hybridized carbons (Fsp3) is 0.148. The minimum Gasteiger partial charge on any atom is -0.454 e. The molecule has 5 rings (SSSR count). The average molecular weight is 425 g/mol. The predicted molar refractivity (Wildman–Crippen MR) is 124 cm³/mol. The van der Waals surface area contributed by atoms with Crippen LogP contribution < -0.4 is 14.8 Å². The fourth-order valence-corrected chi connectivity index (χ4v) is 4.11. The number of benzene rings is 3. The lowest BCUT2D eigenvalue weighted by Gasteiger charge is -2.15. The van der Waals surface area contributed by atoms with Gasteiger partial charge in [0.25, 0.3) is 5.91 Å². The molecule has 0 radical (unpaired) electrons. The van der Waals surface area contributed by atoms with Crippen molar-refractivity contribution in [3.8, 4) is 28.4 Å². The Kier molecular flexibility index (Phi) is 5.15. The highest BCUT2D eigenvalue weighted by Gasteiger charge is 2.22. The smallest absolute Gasteiger partial charge is 0.253 e. The molecule has 0 fully saturated rings. The molecule has 3 aromatic carbocycles. The van der Waals surface area contributed by atoms with E-state index >= 15 is 0 Å². The molecule has 1 aromatic heterocycles. The number of rotatable bonds is 5. The lowest BCUT2D eigenvalue weighted by molar-refractivity contribution is 0.0939. The van der Waals surface area contributed by atoms with Crippen molar-refractivity contribution in [1.29, 1.82) is 0 Å². The summed E-state index contributed by atoms with van der Waals surface area (Å²) in [5.74, 6) is 1.34. The third-order valence-corrected chi connectivity index (χ3v) is 5.82. The Bertz CT molecular complexity index is 1260. The van der Waals surface area contributed by atoms with E-state index in [0.29, 0.717) is 11.3 Å². The van der Waals surface area contributed by atoms with Gasteiger partial charge in [-0.1, -0.05) is 60.7 Å². The van der Waals surface area contributed by atoms with Crippen LogP contribution in [0.25, 0.3) is 16.9 Å². The van der Waals surface area contributed by atoms with Crippen LogP contribution in [0, 0.1) is 6.92 Å². The number of amides is 1. The van der Waals surface area contributed by atoms with Gasteiger partial charge >= 0.3 is 0 Å². The first kappa shape index (κ1) is 19.9. The van der Waals surface area contributed by atoms with Gasteiger partial charge in [-0.3, -0.25) is 4.79 Å². The zero-order valence-electron chi connectivity index (χ0n) is 18.0. The number of hydrogen-bond donors (Lipinski definition) is 1. The van der Waals surface area contributed by atoms with Crippen LogP contribution in [-0.2, 0) is 0 Å². The molecule has 0 saturated carbocycles. The van der Waals surface area contributed by atoms with E-state index in [-0.39, 0.29) is 18.7 Å². The normalized spacial score (nSPS) is 13.1. The van der Waals surface area contributed by atoms with Crippen molar-refractivity contribution in [2.75, 3.05) is 6.79 Å². The lowest BCUT2D eigenvalue weighted by Crippen LogP contribution is -2.27. The summed E-state index contributed by atoms with van der Waals surface area (Å²) >= 11 is 0. The molecule has 0 spiro atoms. The molecule has 0 bridgehead atoms. The molecule has 1 aliphatic rings. The maximum Gasteiger partial charge on any atom is 0.253 e. The second-order valence-corrected chi connectivity index (χ2v) is 7.87. The van der Waals surface area contributed by atoms with E-state index in [1.807, 2.05) is 98.8 Å². The van der Waals surface area contributed by atoms with E-state index in [1.54, 1.807) is 0 Å². The van der Waals surface area contributed by atoms with Gasteiger partial charge in [0.15, 0.2) is 11.5 Å². The summed E-state index contributed by atoms with van der Waals surface area (Å²) in [7, 11) is 0. The molecule has 4 aromatic rings. The largest absolute Gasteiger partial charge is 0.454 e. The summed E-state index contributed by atoms with van der Waals surface area (Å²) in [6.45, 7) is 4.19. The summed E-state index contributed by atoms with van der Waals surface area (Å²) in [5, 5.41) is 3.14. The molecule has 1 N–H and O–H groups in total. The predicted octanol–water partition coefficient (Wildman–Crippen LogP) is 5.67. The zero-order valence-corrected chi connectivity index (χ0v) is 18.0. The van der Waals surface area contributed by atoms with Crippen molar-refractivity contribution in [1.82, 2.24) is 9.88 Å². The number of ether oxygens (including phenoxy) is 2. The molecule has 5 nitrogen and oxygen atoms in total. The first-order valence-corrected chi connectivity index (χ1v) is 10.7. The first-order chi connectivity index (χ1) is 15.6. The molecular formula is C27H24N2O3. The van der Waals surface area contributed by atoms with Gasteiger partial charge in [-0.15, -0.1) is 0 Å². The summed E-state index contributed by atoms with van der Waals surface area (Å²) in [5.41, 5.74) is 5.46. The molecule has 32 heavy (non-hydrogen) atoms. The Hall–Kier alpha value is -3.99. The van der Waals surface area contributed by atoms with Crippen molar-refractivity contribution in [2.45, 2.75) is 19.9 Å². The van der Waals surface area contributed by atoms with Gasteiger partial charge < -0.3 is 19.4 Å². The number of carbonyl (C=O) groups excluding carboxylic acids is 1. The Labute approximate surface area is 187 Å². The maximum absolute atomic E-state index is 13.3. The fourth-order valence-electron chi connectivity index (χ4n) is 4.11. The molecular weight excluding hydrogens is 400 g/mol. The first-order valence-electron chi connectivity index (χ1n) is 10.7. The summed E-state index contributed by atoms with van der Waals surface area (Å²) in [6.07, 6.45) is 0. The van der Waals surface area contributed by atoms with Gasteiger partial charge in [-0.2, -0.15) is 0 Å². The Morgan fingerprint density at radius 3 is 2.34 bits per heavy atom. The molecule has 160 valence electrons. The van der Waals surface area contributed by atoms with Crippen molar-refractivity contribution < 1.29 is 14.3 Å². The van der Waals surface area contributed by atoms with E-state index in [1.165, 1.54) is 0 Å². The number of nitrogens with zero attached hydrogens (tertiary/aromatic N) is 1. The minimum atomic E-state index is -0.101. The lowest BCUT2D eigenvalue weighted by atomic mass is 10.1. The maximum atomic E-state index is 13.3. The van der Waals surface area contributed by atoms with Gasteiger partial charge in [0.1, 0.15) is 0 Å². The third kappa shape index (κ3) is 3.62. The standard InChI is InChI=1S/C27H24N2O3/c1-18(20-9-5-3-6-10-20)28-27(30)23-16-24(21-11-7-4-8-12-21)29(19(23)2)22-13-14-25-26(15-22)32-17-31-25/h3-16,18H,17H2,1-2H3,(H,28,30). The molecule has 0 saturated heterocycles. The van der Waals surface area contributed by atoms with Gasteiger partial charge in [0, 0.05) is 17.4 Å². The van der Waals surface area contributed by atoms with Crippen molar-refractivity contribution in [3.05, 3.63) is 102 Å². The van der Waals surface area contributed by atoms with Crippen molar-refractivity contribution >= 4 is 5.91 Å². The second-order valence-electron chi connectivity index (χ2n) is 7.87. The van der Waals surface area contributed by atoms with Crippen LogP contribution in [-0.4, -0.2) is 17.3 Å². The van der Waals surface area contributed by atoms with Gasteiger partial charge in [0.05, 0.1) is 17.3 Å². The number of carbonyl (C=O) groups is 1. The quantitative estimate of drug-likeness (QED) is 0.449. The van der Waals surface area contributed by atoms with Crippen molar-refractivity contribution in [2.24, 2.45) is 0 Å². The van der Waals surface area contributed by atoms with Crippen LogP contribution >= 0.6 is 0 Å². The molecule has 1 atom stereocenters. The van der Waals surface area contributed by atoms with Crippen LogP contribution in [0.5, 0.6) is 11.5 Å². The monoisotopic (exact) mass is 424 g/mol. The highest BCUT2D eigenvalue weighted by atomic mass is 16.7. The van der Waals surface area contributed by atoms with E-state index < -0.39 is 0 Å². The van der Waals surface area contributed by atoms with E-state index in [0.717, 1.165) is 34.0 Å². The number of fused-ring (bicyclic) bond motifs is 1. The van der Waals surface area contributed by atoms with Crippen LogP contribution in [0.4, 0.5) is 0 Å². The van der Waals surface area contributed by atoms with E-state index in [2.05, 4.69) is 9.88 Å². The third-order valence-electron chi connectivity index (χ3n) is 5.82. The molecule has 1 amide bonds. The Morgan fingerprint density at radius 2 is 1.59 bits per heavy atom. The Balaban J connectivity index is 1.56. The van der Waals surface area contributed by atoms with E-state index in [4.69, 9.17) is 9.47 Å². The van der Waals surface area contributed by atoms with Crippen LogP contribution in [0.15, 0.2) is 84.9 Å².